The lowest BCUT2D eigenvalue weighted by Crippen LogP contribution is -2.33. The molecule has 14 heavy (non-hydrogen) atoms. The van der Waals surface area contributed by atoms with Crippen LogP contribution in [0.25, 0.3) is 0 Å². The zero-order valence-corrected chi connectivity index (χ0v) is 12.2. The lowest BCUT2D eigenvalue weighted by Gasteiger charge is -2.38. The number of hydrogen-bond acceptors (Lipinski definition) is 4. The van der Waals surface area contributed by atoms with Crippen molar-refractivity contribution in [1.29, 1.82) is 0 Å². The highest BCUT2D eigenvalue weighted by Crippen LogP contribution is 2.56. The predicted molar refractivity (Wildman–Crippen MR) is 64.4 cm³/mol. The van der Waals surface area contributed by atoms with Gasteiger partial charge in [-0.05, 0) is 31.4 Å². The van der Waals surface area contributed by atoms with Gasteiger partial charge in [-0.3, -0.25) is 0 Å². The number of hydrogen-bond donors (Lipinski definition) is 0. The summed E-state index contributed by atoms with van der Waals surface area (Å²) in [5.74, 6) is 0. The van der Waals surface area contributed by atoms with Crippen molar-refractivity contribution in [3.8, 4) is 0 Å². The van der Waals surface area contributed by atoms with Gasteiger partial charge in [-0.1, -0.05) is 13.8 Å². The lowest BCUT2D eigenvalue weighted by atomic mass is 9.97. The Hall–Kier alpha value is 0.747. The van der Waals surface area contributed by atoms with Gasteiger partial charge in [0.2, 0.25) is 0 Å². The maximum absolute atomic E-state index is 5.78. The fourth-order valence-corrected chi connectivity index (χ4v) is 7.50. The van der Waals surface area contributed by atoms with Crippen LogP contribution in [0.5, 0.6) is 0 Å². The van der Waals surface area contributed by atoms with Crippen molar-refractivity contribution in [1.82, 2.24) is 0 Å². The van der Waals surface area contributed by atoms with Crippen molar-refractivity contribution in [2.45, 2.75) is 33.5 Å². The van der Waals surface area contributed by atoms with Crippen LogP contribution in [0.3, 0.4) is 0 Å². The van der Waals surface area contributed by atoms with E-state index in [4.69, 9.17) is 25.1 Å². The second-order valence-corrected chi connectivity index (χ2v) is 13.1. The highest BCUT2D eigenvalue weighted by Gasteiger charge is 2.37. The minimum absolute atomic E-state index is 0.0606. The maximum Gasteiger partial charge on any atom is 0.317 e. The van der Waals surface area contributed by atoms with Crippen LogP contribution < -0.4 is 0 Å². The van der Waals surface area contributed by atoms with Gasteiger partial charge in [0, 0.05) is 5.41 Å². The molecule has 1 aliphatic heterocycles. The smallest absolute Gasteiger partial charge is 0.317 e. The molecule has 1 fully saturated rings. The summed E-state index contributed by atoms with van der Waals surface area (Å²) in [5, 5.41) is 0. The van der Waals surface area contributed by atoms with Gasteiger partial charge < -0.3 is 13.3 Å². The van der Waals surface area contributed by atoms with Crippen molar-refractivity contribution in [2.75, 3.05) is 13.2 Å². The second kappa shape index (κ2) is 3.96. The van der Waals surface area contributed by atoms with Crippen LogP contribution in [0.4, 0.5) is 0 Å². The molecule has 0 atom stereocenters. The molecule has 1 saturated heterocycles. The van der Waals surface area contributed by atoms with Crippen molar-refractivity contribution in [3.05, 3.63) is 0 Å². The predicted octanol–water partition coefficient (Wildman–Crippen LogP) is 3.14. The molecule has 0 aliphatic carbocycles. The molecule has 0 spiro atoms. The van der Waals surface area contributed by atoms with E-state index in [1.807, 2.05) is 0 Å². The molecule has 0 N–H and O–H groups in total. The Labute approximate surface area is 92.5 Å². The van der Waals surface area contributed by atoms with E-state index in [0.717, 1.165) is 0 Å². The third kappa shape index (κ3) is 4.09. The summed E-state index contributed by atoms with van der Waals surface area (Å²) in [5.41, 5.74) is 0.0606. The molecule has 1 heterocycles. The van der Waals surface area contributed by atoms with E-state index in [9.17, 15) is 0 Å². The van der Waals surface area contributed by atoms with Crippen LogP contribution in [-0.2, 0) is 25.1 Å². The van der Waals surface area contributed by atoms with E-state index in [-0.39, 0.29) is 5.41 Å². The van der Waals surface area contributed by atoms with E-state index in [1.165, 1.54) is 0 Å². The zero-order valence-electron chi connectivity index (χ0n) is 9.49. The molecule has 1 aliphatic rings. The summed E-state index contributed by atoms with van der Waals surface area (Å²) >= 11 is 5.28. The highest BCUT2D eigenvalue weighted by atomic mass is 32.5. The number of rotatable bonds is 2. The first-order valence-corrected chi connectivity index (χ1v) is 10.7. The molecule has 84 valence electrons. The molecule has 0 saturated carbocycles. The minimum Gasteiger partial charge on any atom is -0.351 e. The van der Waals surface area contributed by atoms with Crippen molar-refractivity contribution >= 4 is 26.8 Å². The Morgan fingerprint density at radius 3 is 2.00 bits per heavy atom. The van der Waals surface area contributed by atoms with Crippen LogP contribution in [0, 0.1) is 5.41 Å². The van der Waals surface area contributed by atoms with E-state index >= 15 is 0 Å². The summed E-state index contributed by atoms with van der Waals surface area (Å²) in [4.78, 5) is 0. The molecule has 0 aromatic carbocycles. The molecular weight excluding hydrogens is 235 g/mol. The van der Waals surface area contributed by atoms with Gasteiger partial charge in [0.05, 0.1) is 13.2 Å². The molecule has 0 aromatic rings. The average Bonchev–Trinajstić information content (AvgIpc) is 1.93. The topological polar surface area (TPSA) is 27.7 Å². The van der Waals surface area contributed by atoms with Gasteiger partial charge in [-0.25, -0.2) is 0 Å². The quantitative estimate of drug-likeness (QED) is 0.559. The Bertz CT molecular complexity index is 248. The average molecular weight is 254 g/mol. The fraction of sp³-hybridized carbons (Fsp3) is 1.00. The van der Waals surface area contributed by atoms with Gasteiger partial charge in [0.1, 0.15) is 0 Å². The Balaban J connectivity index is 2.59. The highest BCUT2D eigenvalue weighted by molar-refractivity contribution is 8.08. The van der Waals surface area contributed by atoms with E-state index < -0.39 is 15.0 Å². The normalized spacial score (nSPS) is 26.1. The Morgan fingerprint density at radius 1 is 1.21 bits per heavy atom. The Morgan fingerprint density at radius 2 is 1.64 bits per heavy atom. The molecule has 6 heteroatoms. The first kappa shape index (κ1) is 12.8. The molecule has 0 aromatic heterocycles. The summed E-state index contributed by atoms with van der Waals surface area (Å²) in [6.45, 7) is 9.32. The molecular formula is C8H19O3PSSi. The first-order chi connectivity index (χ1) is 6.12. The second-order valence-electron chi connectivity index (χ2n) is 5.36. The summed E-state index contributed by atoms with van der Waals surface area (Å²) < 4.78 is 16.9. The van der Waals surface area contributed by atoms with Crippen molar-refractivity contribution in [3.63, 3.8) is 0 Å². The minimum atomic E-state index is -2.42. The van der Waals surface area contributed by atoms with Gasteiger partial charge in [0.25, 0.3) is 0 Å². The molecule has 3 nitrogen and oxygen atoms in total. The molecule has 1 rings (SSSR count). The summed E-state index contributed by atoms with van der Waals surface area (Å²) in [6, 6.07) is 0. The standard InChI is InChI=1S/C8H19O3PSSi/c1-8(2)6-9-12(13,10-7-8)11-14(3,4)5/h6-7H2,1-5H3. The molecule has 0 unspecified atom stereocenters. The van der Waals surface area contributed by atoms with E-state index in [2.05, 4.69) is 33.5 Å². The van der Waals surface area contributed by atoms with Crippen molar-refractivity contribution in [2.24, 2.45) is 5.41 Å². The fourth-order valence-electron chi connectivity index (χ4n) is 0.975. The lowest BCUT2D eigenvalue weighted by molar-refractivity contribution is 0.0399. The third-order valence-corrected chi connectivity index (χ3v) is 6.89. The maximum atomic E-state index is 5.78. The van der Waals surface area contributed by atoms with E-state index in [0.29, 0.717) is 13.2 Å². The van der Waals surface area contributed by atoms with Gasteiger partial charge in [0.15, 0.2) is 8.32 Å². The van der Waals surface area contributed by atoms with Crippen LogP contribution in [-0.4, -0.2) is 21.5 Å². The molecule has 0 amide bonds. The van der Waals surface area contributed by atoms with Gasteiger partial charge >= 0.3 is 6.72 Å². The van der Waals surface area contributed by atoms with Crippen LogP contribution in [0.2, 0.25) is 19.6 Å². The van der Waals surface area contributed by atoms with Crippen LogP contribution >= 0.6 is 6.72 Å². The van der Waals surface area contributed by atoms with E-state index in [1.54, 1.807) is 0 Å². The first-order valence-electron chi connectivity index (χ1n) is 4.72. The zero-order chi connectivity index (χ0) is 11.0. The van der Waals surface area contributed by atoms with Crippen molar-refractivity contribution < 1.29 is 13.3 Å². The molecule has 0 radical (unpaired) electrons. The van der Waals surface area contributed by atoms with Crippen LogP contribution in [0.15, 0.2) is 0 Å². The van der Waals surface area contributed by atoms with Gasteiger partial charge in [-0.15, -0.1) is 0 Å². The van der Waals surface area contributed by atoms with Crippen LogP contribution in [0.1, 0.15) is 13.8 Å². The SMILES string of the molecule is CC1(C)COP(=S)(O[Si](C)(C)C)OC1. The summed E-state index contributed by atoms with van der Waals surface area (Å²) in [7, 11) is -1.67. The summed E-state index contributed by atoms with van der Waals surface area (Å²) in [6.07, 6.45) is 0. The molecule has 0 bridgehead atoms. The Kier molecular flexibility index (Phi) is 3.63. The van der Waals surface area contributed by atoms with Gasteiger partial charge in [-0.2, -0.15) is 0 Å². The monoisotopic (exact) mass is 254 g/mol. The third-order valence-electron chi connectivity index (χ3n) is 1.61. The largest absolute Gasteiger partial charge is 0.351 e.